The standard InChI is InChI=1S/C48H74O8/c1-35(2)21-13-9-17-29-53-45(49)41-27-25-39(33-43(41)47(51)55-31-19-11-15-23-37(5)6)40-26-28-42(46(50)54-30-18-10-14-22-36(3)4)44(34-40)48(52)56-32-20-12-16-24-38(7)8/h25-28,33-38H,9-24,29-32H2,1-8H3. The molecule has 0 N–H and O–H groups in total. The molecule has 0 saturated carbocycles. The summed E-state index contributed by atoms with van der Waals surface area (Å²) in [7, 11) is 0. The van der Waals surface area contributed by atoms with Gasteiger partial charge in [-0.1, -0.05) is 145 Å². The molecule has 0 amide bonds. The predicted octanol–water partition coefficient (Wildman–Crippen LogP) is 12.8. The maximum absolute atomic E-state index is 13.6. The zero-order valence-electron chi connectivity index (χ0n) is 36.2. The summed E-state index contributed by atoms with van der Waals surface area (Å²) >= 11 is 0. The SMILES string of the molecule is CC(C)CCCCCOC(=O)c1ccc(-c2ccc(C(=O)OCCCCCC(C)C)c(C(=O)OCCCCCC(C)C)c2)cc1C(=O)OCCCCCC(C)C. The highest BCUT2D eigenvalue weighted by Crippen LogP contribution is 2.28. The number of ether oxygens (including phenoxy) is 4. The molecule has 0 aliphatic carbocycles. The Balaban J connectivity index is 2.35. The van der Waals surface area contributed by atoms with E-state index in [0.29, 0.717) is 34.8 Å². The summed E-state index contributed by atoms with van der Waals surface area (Å²) in [5.74, 6) is 0.129. The first-order chi connectivity index (χ1) is 26.8. The van der Waals surface area contributed by atoms with Gasteiger partial charge in [0, 0.05) is 0 Å². The lowest BCUT2D eigenvalue weighted by molar-refractivity contribution is 0.0450. The molecular formula is C48H74O8. The van der Waals surface area contributed by atoms with Crippen molar-refractivity contribution in [2.24, 2.45) is 23.7 Å². The van der Waals surface area contributed by atoms with Crippen molar-refractivity contribution < 1.29 is 38.1 Å². The maximum atomic E-state index is 13.6. The van der Waals surface area contributed by atoms with Crippen LogP contribution in [0, 0.1) is 23.7 Å². The van der Waals surface area contributed by atoms with Crippen LogP contribution in [0.4, 0.5) is 0 Å². The van der Waals surface area contributed by atoms with E-state index in [-0.39, 0.29) is 48.7 Å². The van der Waals surface area contributed by atoms with Gasteiger partial charge in [-0.25, -0.2) is 19.2 Å². The van der Waals surface area contributed by atoms with Gasteiger partial charge in [-0.2, -0.15) is 0 Å². The number of hydrogen-bond donors (Lipinski definition) is 0. The highest BCUT2D eigenvalue weighted by atomic mass is 16.5. The molecule has 8 nitrogen and oxygen atoms in total. The maximum Gasteiger partial charge on any atom is 0.339 e. The quantitative estimate of drug-likeness (QED) is 0.0457. The molecule has 0 fully saturated rings. The second-order valence-corrected chi connectivity index (χ2v) is 17.0. The topological polar surface area (TPSA) is 105 Å². The molecule has 0 aliphatic rings. The van der Waals surface area contributed by atoms with Crippen LogP contribution in [0.3, 0.4) is 0 Å². The number of carbonyl (C=O) groups excluding carboxylic acids is 4. The molecule has 8 heteroatoms. The van der Waals surface area contributed by atoms with E-state index < -0.39 is 23.9 Å². The van der Waals surface area contributed by atoms with Crippen LogP contribution in [-0.2, 0) is 18.9 Å². The fourth-order valence-electron chi connectivity index (χ4n) is 6.44. The number of benzene rings is 2. The average Bonchev–Trinajstić information content (AvgIpc) is 3.15. The number of carbonyl (C=O) groups is 4. The van der Waals surface area contributed by atoms with Gasteiger partial charge in [-0.05, 0) is 84.7 Å². The number of unbranched alkanes of at least 4 members (excludes halogenated alkanes) is 8. The summed E-state index contributed by atoms with van der Waals surface area (Å²) in [4.78, 5) is 53.8. The molecule has 56 heavy (non-hydrogen) atoms. The van der Waals surface area contributed by atoms with Gasteiger partial charge in [-0.15, -0.1) is 0 Å². The molecule has 0 unspecified atom stereocenters. The van der Waals surface area contributed by atoms with Gasteiger partial charge in [0.05, 0.1) is 48.7 Å². The fraction of sp³-hybridized carbons (Fsp3) is 0.667. The molecule has 0 aliphatic heterocycles. The molecule has 0 atom stereocenters. The third-order valence-corrected chi connectivity index (χ3v) is 9.89. The minimum atomic E-state index is -0.606. The van der Waals surface area contributed by atoms with E-state index in [1.807, 2.05) is 0 Å². The Morgan fingerprint density at radius 2 is 0.607 bits per heavy atom. The van der Waals surface area contributed by atoms with Gasteiger partial charge < -0.3 is 18.9 Å². The van der Waals surface area contributed by atoms with Crippen molar-refractivity contribution in [2.45, 2.75) is 158 Å². The molecule has 0 saturated heterocycles. The second-order valence-electron chi connectivity index (χ2n) is 17.0. The first-order valence-corrected chi connectivity index (χ1v) is 21.8. The van der Waals surface area contributed by atoms with Crippen molar-refractivity contribution >= 4 is 23.9 Å². The van der Waals surface area contributed by atoms with Gasteiger partial charge >= 0.3 is 23.9 Å². The molecule has 2 rings (SSSR count). The molecule has 2 aromatic rings. The normalized spacial score (nSPS) is 11.4. The van der Waals surface area contributed by atoms with Crippen LogP contribution >= 0.6 is 0 Å². The molecule has 0 bridgehead atoms. The van der Waals surface area contributed by atoms with E-state index in [4.69, 9.17) is 18.9 Å². The molecule has 2 aromatic carbocycles. The van der Waals surface area contributed by atoms with E-state index in [2.05, 4.69) is 55.4 Å². The summed E-state index contributed by atoms with van der Waals surface area (Å²) in [5, 5.41) is 0. The number of rotatable bonds is 29. The molecule has 0 aromatic heterocycles. The first kappa shape index (κ1) is 48.5. The lowest BCUT2D eigenvalue weighted by Crippen LogP contribution is -2.16. The summed E-state index contributed by atoms with van der Waals surface area (Å²) in [6, 6.07) is 9.80. The predicted molar refractivity (Wildman–Crippen MR) is 226 cm³/mol. The van der Waals surface area contributed by atoms with Crippen molar-refractivity contribution in [3.63, 3.8) is 0 Å². The smallest absolute Gasteiger partial charge is 0.339 e. The van der Waals surface area contributed by atoms with Crippen LogP contribution in [0.25, 0.3) is 11.1 Å². The highest BCUT2D eigenvalue weighted by Gasteiger charge is 2.24. The Hall–Kier alpha value is -3.68. The van der Waals surface area contributed by atoms with Crippen LogP contribution in [0.5, 0.6) is 0 Å². The molecule has 0 radical (unpaired) electrons. The van der Waals surface area contributed by atoms with Crippen molar-refractivity contribution in [3.8, 4) is 11.1 Å². The number of esters is 4. The van der Waals surface area contributed by atoms with E-state index in [1.54, 1.807) is 36.4 Å². The van der Waals surface area contributed by atoms with Crippen molar-refractivity contribution in [2.75, 3.05) is 26.4 Å². The van der Waals surface area contributed by atoms with Crippen LogP contribution in [0.15, 0.2) is 36.4 Å². The monoisotopic (exact) mass is 779 g/mol. The second kappa shape index (κ2) is 27.8. The highest BCUT2D eigenvalue weighted by molar-refractivity contribution is 6.06. The van der Waals surface area contributed by atoms with Gasteiger partial charge in [0.2, 0.25) is 0 Å². The Morgan fingerprint density at radius 3 is 0.857 bits per heavy atom. The summed E-state index contributed by atoms with van der Waals surface area (Å²) < 4.78 is 22.6. The van der Waals surface area contributed by atoms with Crippen molar-refractivity contribution in [1.29, 1.82) is 0 Å². The van der Waals surface area contributed by atoms with Crippen LogP contribution in [0.2, 0.25) is 0 Å². The molecule has 0 heterocycles. The third-order valence-electron chi connectivity index (χ3n) is 9.89. The lowest BCUT2D eigenvalue weighted by atomic mass is 9.95. The van der Waals surface area contributed by atoms with Gasteiger partial charge in [0.15, 0.2) is 0 Å². The lowest BCUT2D eigenvalue weighted by Gasteiger charge is -2.14. The fourth-order valence-corrected chi connectivity index (χ4v) is 6.44. The van der Waals surface area contributed by atoms with Crippen LogP contribution in [-0.4, -0.2) is 50.3 Å². The molecule has 0 spiro atoms. The van der Waals surface area contributed by atoms with Crippen LogP contribution < -0.4 is 0 Å². The Labute approximate surface area is 339 Å². The minimum absolute atomic E-state index is 0.0981. The summed E-state index contributed by atoms with van der Waals surface area (Å²) in [6.07, 6.45) is 15.5. The van der Waals surface area contributed by atoms with Gasteiger partial charge in [-0.3, -0.25) is 0 Å². The first-order valence-electron chi connectivity index (χ1n) is 21.8. The van der Waals surface area contributed by atoms with E-state index in [1.165, 1.54) is 0 Å². The van der Waals surface area contributed by atoms with E-state index in [9.17, 15) is 19.2 Å². The van der Waals surface area contributed by atoms with Crippen molar-refractivity contribution in [3.05, 3.63) is 58.7 Å². The Bertz CT molecular complexity index is 1350. The summed E-state index contributed by atoms with van der Waals surface area (Å²) in [5.41, 5.74) is 1.61. The van der Waals surface area contributed by atoms with E-state index >= 15 is 0 Å². The largest absolute Gasteiger partial charge is 0.462 e. The number of hydrogen-bond acceptors (Lipinski definition) is 8. The Morgan fingerprint density at radius 1 is 0.357 bits per heavy atom. The zero-order chi connectivity index (χ0) is 41.3. The molecular weight excluding hydrogens is 705 g/mol. The minimum Gasteiger partial charge on any atom is -0.462 e. The van der Waals surface area contributed by atoms with Gasteiger partial charge in [0.25, 0.3) is 0 Å². The van der Waals surface area contributed by atoms with Crippen LogP contribution in [0.1, 0.15) is 200 Å². The molecule has 314 valence electrons. The van der Waals surface area contributed by atoms with Crippen molar-refractivity contribution in [1.82, 2.24) is 0 Å². The van der Waals surface area contributed by atoms with Gasteiger partial charge in [0.1, 0.15) is 0 Å². The van der Waals surface area contributed by atoms with E-state index in [0.717, 1.165) is 103 Å². The average molecular weight is 779 g/mol. The third kappa shape index (κ3) is 20.0. The Kier molecular flexibility index (Phi) is 24.1. The summed E-state index contributed by atoms with van der Waals surface area (Å²) in [6.45, 7) is 18.6. The zero-order valence-corrected chi connectivity index (χ0v) is 36.2.